The summed E-state index contributed by atoms with van der Waals surface area (Å²) in [5.74, 6) is -1.02. The Morgan fingerprint density at radius 2 is 1.46 bits per heavy atom. The Kier molecular flexibility index (Phi) is 3.89. The van der Waals surface area contributed by atoms with E-state index in [9.17, 15) is 20.2 Å². The Hall–Kier alpha value is -3.75. The van der Waals surface area contributed by atoms with Crippen LogP contribution in [0.3, 0.4) is 0 Å². The minimum absolute atomic E-state index is 0.287. The van der Waals surface area contributed by atoms with Crippen LogP contribution in [0.15, 0.2) is 54.6 Å². The molecule has 0 atom stereocenters. The molecule has 24 heavy (non-hydrogen) atoms. The first-order valence-electron chi connectivity index (χ1n) is 6.69. The maximum atomic E-state index is 10.9. The topological polar surface area (TPSA) is 118 Å². The molecule has 1 heterocycles. The highest BCUT2D eigenvalue weighted by atomic mass is 17.0. The van der Waals surface area contributed by atoms with Gasteiger partial charge in [-0.1, -0.05) is 48.5 Å². The van der Waals surface area contributed by atoms with E-state index < -0.39 is 21.8 Å². The number of fused-ring (bicyclic) bond motifs is 1. The molecule has 9 nitrogen and oxygen atoms in total. The number of pyridine rings is 1. The lowest BCUT2D eigenvalue weighted by Gasteiger charge is -2.14. The first-order valence-corrected chi connectivity index (χ1v) is 6.69. The van der Waals surface area contributed by atoms with Crippen LogP contribution in [0.2, 0.25) is 0 Å². The second-order valence-corrected chi connectivity index (χ2v) is 4.63. The van der Waals surface area contributed by atoms with Gasteiger partial charge in [0.1, 0.15) is 0 Å². The largest absolute Gasteiger partial charge is 0.301 e. The monoisotopic (exact) mass is 327 g/mol. The summed E-state index contributed by atoms with van der Waals surface area (Å²) in [6.45, 7) is 0. The molecular weight excluding hydrogens is 318 g/mol. The van der Waals surface area contributed by atoms with Gasteiger partial charge in [-0.05, 0) is 11.6 Å². The number of rotatable bonds is 5. The quantitative estimate of drug-likeness (QED) is 0.522. The van der Waals surface area contributed by atoms with Crippen molar-refractivity contribution in [3.63, 3.8) is 0 Å². The first kappa shape index (κ1) is 15.2. The fourth-order valence-corrected chi connectivity index (χ4v) is 2.36. The van der Waals surface area contributed by atoms with E-state index >= 15 is 0 Å². The summed E-state index contributed by atoms with van der Waals surface area (Å²) in [5.41, 5.74) is 1.24. The van der Waals surface area contributed by atoms with E-state index in [1.807, 2.05) is 0 Å². The highest BCUT2D eigenvalue weighted by Gasteiger charge is 2.22. The molecule has 1 aromatic heterocycles. The van der Waals surface area contributed by atoms with Gasteiger partial charge in [-0.3, -0.25) is 9.68 Å². The van der Waals surface area contributed by atoms with Gasteiger partial charge in [-0.15, -0.1) is 20.2 Å². The molecule has 3 rings (SSSR count). The summed E-state index contributed by atoms with van der Waals surface area (Å²) in [5, 5.41) is 19.9. The van der Waals surface area contributed by atoms with E-state index in [2.05, 4.69) is 14.7 Å². The smallest absolute Gasteiger partial charge is 0.271 e. The van der Waals surface area contributed by atoms with Gasteiger partial charge in [0.05, 0.1) is 5.52 Å². The maximum absolute atomic E-state index is 10.9. The zero-order valence-corrected chi connectivity index (χ0v) is 12.0. The number of hydrogen-bond acceptors (Lipinski definition) is 7. The maximum Gasteiger partial charge on any atom is 0.301 e. The summed E-state index contributed by atoms with van der Waals surface area (Å²) < 4.78 is 0. The van der Waals surface area contributed by atoms with Crippen LogP contribution in [0, 0.1) is 20.2 Å². The van der Waals surface area contributed by atoms with Crippen molar-refractivity contribution in [2.75, 3.05) is 0 Å². The molecule has 0 aliphatic rings. The molecule has 0 fully saturated rings. The SMILES string of the molecule is O=[N+]([O-])Oc1nc2ccccc2c(-c2ccccc2)c1O[N+](=O)[O-]. The lowest BCUT2D eigenvalue weighted by Crippen LogP contribution is -2.11. The van der Waals surface area contributed by atoms with Gasteiger partial charge >= 0.3 is 5.09 Å². The molecule has 120 valence electrons. The zero-order chi connectivity index (χ0) is 17.1. The van der Waals surface area contributed by atoms with Crippen molar-refractivity contribution in [2.24, 2.45) is 0 Å². The third-order valence-electron chi connectivity index (χ3n) is 3.21. The summed E-state index contributed by atoms with van der Waals surface area (Å²) in [4.78, 5) is 34.5. The van der Waals surface area contributed by atoms with Crippen LogP contribution < -0.4 is 9.68 Å². The van der Waals surface area contributed by atoms with Gasteiger partial charge in [-0.25, -0.2) is 4.98 Å². The van der Waals surface area contributed by atoms with E-state index in [1.54, 1.807) is 54.6 Å². The van der Waals surface area contributed by atoms with Crippen molar-refractivity contribution in [1.82, 2.24) is 4.98 Å². The van der Waals surface area contributed by atoms with Crippen LogP contribution in [0.25, 0.3) is 22.0 Å². The second-order valence-electron chi connectivity index (χ2n) is 4.63. The van der Waals surface area contributed by atoms with Crippen LogP contribution in [0.4, 0.5) is 0 Å². The molecule has 0 bridgehead atoms. The molecule has 0 amide bonds. The lowest BCUT2D eigenvalue weighted by atomic mass is 10.0. The number of hydrogen-bond donors (Lipinski definition) is 0. The number of nitrogens with zero attached hydrogens (tertiary/aromatic N) is 3. The Morgan fingerprint density at radius 1 is 0.833 bits per heavy atom. The highest BCUT2D eigenvalue weighted by molar-refractivity contribution is 5.98. The average molecular weight is 327 g/mol. The molecule has 0 unspecified atom stereocenters. The van der Waals surface area contributed by atoms with Crippen LogP contribution in [0.1, 0.15) is 0 Å². The minimum Gasteiger partial charge on any atom is -0.271 e. The number of para-hydroxylation sites is 1. The third-order valence-corrected chi connectivity index (χ3v) is 3.21. The number of benzene rings is 2. The predicted octanol–water partition coefficient (Wildman–Crippen LogP) is 3.04. The standard InChI is InChI=1S/C15H9N3O6/c19-17(20)23-14-13(10-6-2-1-3-7-10)11-8-4-5-9-12(11)16-15(14)24-18(21)22/h1-9H. The summed E-state index contributed by atoms with van der Waals surface area (Å²) in [6, 6.07) is 15.3. The molecule has 0 radical (unpaired) electrons. The molecule has 0 saturated carbocycles. The zero-order valence-electron chi connectivity index (χ0n) is 12.0. The van der Waals surface area contributed by atoms with Crippen LogP contribution in [0.5, 0.6) is 11.6 Å². The molecule has 0 saturated heterocycles. The van der Waals surface area contributed by atoms with Crippen molar-refractivity contribution in [2.45, 2.75) is 0 Å². The molecular formula is C15H9N3O6. The Bertz CT molecular complexity index is 929. The van der Waals surface area contributed by atoms with Crippen molar-refractivity contribution in [3.8, 4) is 22.8 Å². The summed E-state index contributed by atoms with van der Waals surface area (Å²) in [7, 11) is 0. The fourth-order valence-electron chi connectivity index (χ4n) is 2.36. The third kappa shape index (κ3) is 2.90. The normalized spacial score (nSPS) is 10.3. The van der Waals surface area contributed by atoms with Crippen molar-refractivity contribution < 1.29 is 19.8 Å². The second kappa shape index (κ2) is 6.16. The van der Waals surface area contributed by atoms with Crippen molar-refractivity contribution >= 4 is 10.9 Å². The van der Waals surface area contributed by atoms with Crippen molar-refractivity contribution in [1.29, 1.82) is 0 Å². The van der Waals surface area contributed by atoms with Crippen molar-refractivity contribution in [3.05, 3.63) is 74.8 Å². The van der Waals surface area contributed by atoms with Crippen LogP contribution >= 0.6 is 0 Å². The van der Waals surface area contributed by atoms with Gasteiger partial charge in [0.15, 0.2) is 5.75 Å². The van der Waals surface area contributed by atoms with Gasteiger partial charge < -0.3 is 0 Å². The van der Waals surface area contributed by atoms with E-state index in [-0.39, 0.29) is 5.56 Å². The lowest BCUT2D eigenvalue weighted by molar-refractivity contribution is -0.722. The molecule has 2 aromatic carbocycles. The Morgan fingerprint density at radius 3 is 2.12 bits per heavy atom. The van der Waals surface area contributed by atoms with Crippen LogP contribution in [-0.4, -0.2) is 15.2 Å². The van der Waals surface area contributed by atoms with E-state index in [0.29, 0.717) is 16.5 Å². The predicted molar refractivity (Wildman–Crippen MR) is 82.4 cm³/mol. The molecule has 0 aliphatic carbocycles. The van der Waals surface area contributed by atoms with Gasteiger partial charge in [0, 0.05) is 10.9 Å². The average Bonchev–Trinajstić information content (AvgIpc) is 2.55. The van der Waals surface area contributed by atoms with E-state index in [0.717, 1.165) is 0 Å². The molecule has 9 heteroatoms. The Labute approximate surface area is 134 Å². The molecule has 0 aliphatic heterocycles. The minimum atomic E-state index is -1.10. The van der Waals surface area contributed by atoms with Gasteiger partial charge in [-0.2, -0.15) is 0 Å². The number of aromatic nitrogens is 1. The first-order chi connectivity index (χ1) is 11.6. The molecule has 0 N–H and O–H groups in total. The van der Waals surface area contributed by atoms with Gasteiger partial charge in [0.25, 0.3) is 5.09 Å². The summed E-state index contributed by atoms with van der Waals surface area (Å²) in [6.07, 6.45) is 0. The highest BCUT2D eigenvalue weighted by Crippen LogP contribution is 2.42. The van der Waals surface area contributed by atoms with Crippen LogP contribution in [-0.2, 0) is 0 Å². The van der Waals surface area contributed by atoms with E-state index in [4.69, 9.17) is 0 Å². The molecule has 3 aromatic rings. The fraction of sp³-hybridized carbons (Fsp3) is 0. The van der Waals surface area contributed by atoms with E-state index in [1.165, 1.54) is 0 Å². The summed E-state index contributed by atoms with van der Waals surface area (Å²) >= 11 is 0. The van der Waals surface area contributed by atoms with Gasteiger partial charge in [0.2, 0.25) is 5.88 Å². The molecule has 0 spiro atoms. The Balaban J connectivity index is 2.38.